The number of nitrogens with zero attached hydrogens (tertiary/aromatic N) is 5. The van der Waals surface area contributed by atoms with E-state index in [2.05, 4.69) is 10.3 Å². The first-order valence-corrected chi connectivity index (χ1v) is 19.8. The Labute approximate surface area is 345 Å². The number of carboxylic acid groups (broad SMARTS) is 1. The molecule has 2 amide bonds. The van der Waals surface area contributed by atoms with Crippen molar-refractivity contribution in [1.82, 2.24) is 29.5 Å². The molecule has 58 heavy (non-hydrogen) atoms. The average Bonchev–Trinajstić information content (AvgIpc) is 3.84. The molecule has 0 bridgehead atoms. The molecule has 2 aromatic carbocycles. The van der Waals surface area contributed by atoms with Gasteiger partial charge in [-0.15, -0.1) is 0 Å². The van der Waals surface area contributed by atoms with Gasteiger partial charge in [0.2, 0.25) is 11.8 Å². The van der Waals surface area contributed by atoms with Gasteiger partial charge in [-0.3, -0.25) is 23.7 Å². The highest BCUT2D eigenvalue weighted by Crippen LogP contribution is 2.42. The maximum atomic E-state index is 13.4. The third-order valence-electron chi connectivity index (χ3n) is 10.3. The Morgan fingerprint density at radius 3 is 2.33 bits per heavy atom. The number of aliphatic carboxylic acids is 1. The summed E-state index contributed by atoms with van der Waals surface area (Å²) in [7, 11) is 1.51. The number of pyridine rings is 2. The summed E-state index contributed by atoms with van der Waals surface area (Å²) in [6, 6.07) is 18.3. The molecule has 2 aliphatic rings. The number of aromatic nitrogens is 3. The van der Waals surface area contributed by atoms with E-state index >= 15 is 0 Å². The molecule has 302 valence electrons. The van der Waals surface area contributed by atoms with Gasteiger partial charge in [-0.05, 0) is 70.0 Å². The molecule has 3 aromatic heterocycles. The molecule has 13 nitrogen and oxygen atoms in total. The number of carbonyl (C=O) groups excluding carboxylic acids is 2. The minimum atomic E-state index is -0.819. The third-order valence-corrected chi connectivity index (χ3v) is 11.2. The molecule has 15 heteroatoms. The molecule has 0 aliphatic carbocycles. The van der Waals surface area contributed by atoms with Gasteiger partial charge in [0.05, 0.1) is 40.9 Å². The second-order valence-corrected chi connectivity index (χ2v) is 16.4. The standard InChI is InChI=1S/C43H44Cl2N6O7/c1-43(2,3)58-42(56)50(24-29-12-14-36(52)47-29)23-26-11-13-34(48-39(26)57-4)33-10-6-9-32(38(33)45)31-8-5-7-30(37(31)44)25-16-18-51-35(19-25)46-20-28(40(51)53)22-49-17-15-27(21-49)41(54)55/h5-11,13,16,18-20,27,29H,12,14-15,17,21-24H2,1-4H3,(H,47,52)(H,54,55). The number of rotatable bonds is 11. The highest BCUT2D eigenvalue weighted by molar-refractivity contribution is 6.39. The van der Waals surface area contributed by atoms with Crippen molar-refractivity contribution in [1.29, 1.82) is 0 Å². The lowest BCUT2D eigenvalue weighted by Crippen LogP contribution is -2.43. The van der Waals surface area contributed by atoms with Gasteiger partial charge in [-0.1, -0.05) is 59.6 Å². The Morgan fingerprint density at radius 2 is 1.67 bits per heavy atom. The maximum absolute atomic E-state index is 13.4. The van der Waals surface area contributed by atoms with Crippen LogP contribution in [-0.4, -0.2) is 85.6 Å². The second-order valence-electron chi connectivity index (χ2n) is 15.7. The van der Waals surface area contributed by atoms with Gasteiger partial charge in [-0.25, -0.2) is 14.8 Å². The highest BCUT2D eigenvalue weighted by atomic mass is 35.5. The third kappa shape index (κ3) is 8.81. The van der Waals surface area contributed by atoms with Crippen LogP contribution in [0, 0.1) is 5.92 Å². The number of carbonyl (C=O) groups is 3. The Balaban J connectivity index is 1.14. The number of ether oxygens (including phenoxy) is 2. The molecule has 5 aromatic rings. The van der Waals surface area contributed by atoms with Gasteiger partial charge in [0.15, 0.2) is 0 Å². The Hall–Kier alpha value is -5.50. The fourth-order valence-electron chi connectivity index (χ4n) is 7.44. The lowest BCUT2D eigenvalue weighted by molar-refractivity contribution is -0.141. The normalized spacial score (nSPS) is 17.0. The number of carboxylic acids is 1. The predicted octanol–water partition coefficient (Wildman–Crippen LogP) is 7.33. The molecule has 2 atom stereocenters. The molecular formula is C43H44Cl2N6O7. The van der Waals surface area contributed by atoms with Crippen molar-refractivity contribution in [3.05, 3.63) is 105 Å². The van der Waals surface area contributed by atoms with Crippen molar-refractivity contribution in [3.8, 4) is 39.4 Å². The van der Waals surface area contributed by atoms with Crippen molar-refractivity contribution >= 4 is 46.8 Å². The van der Waals surface area contributed by atoms with Crippen LogP contribution in [0.3, 0.4) is 0 Å². The Kier molecular flexibility index (Phi) is 11.8. The SMILES string of the molecule is COc1nc(-c2cccc(-c3cccc(-c4ccn5c(=O)c(CN6CCC(C(=O)O)C6)cnc5c4)c3Cl)c2Cl)ccc1CN(CC1CCC(=O)N1)C(=O)OC(C)(C)C. The first-order chi connectivity index (χ1) is 27.7. The zero-order valence-electron chi connectivity index (χ0n) is 32.6. The van der Waals surface area contributed by atoms with Crippen molar-refractivity contribution < 1.29 is 29.0 Å². The van der Waals surface area contributed by atoms with E-state index < -0.39 is 23.6 Å². The molecular weight excluding hydrogens is 783 g/mol. The van der Waals surface area contributed by atoms with Crippen LogP contribution >= 0.6 is 23.2 Å². The molecule has 7 rings (SSSR count). The predicted molar refractivity (Wildman–Crippen MR) is 221 cm³/mol. The summed E-state index contributed by atoms with van der Waals surface area (Å²) in [5.41, 5.74) is 4.67. The summed E-state index contributed by atoms with van der Waals surface area (Å²) in [6.07, 6.45) is 4.30. The molecule has 2 unspecified atom stereocenters. The van der Waals surface area contributed by atoms with Gasteiger partial charge in [0.25, 0.3) is 5.56 Å². The van der Waals surface area contributed by atoms with Gasteiger partial charge in [0.1, 0.15) is 11.2 Å². The van der Waals surface area contributed by atoms with E-state index in [-0.39, 0.29) is 30.6 Å². The zero-order chi connectivity index (χ0) is 41.3. The average molecular weight is 828 g/mol. The van der Waals surface area contributed by atoms with E-state index in [1.807, 2.05) is 59.5 Å². The molecule has 5 heterocycles. The van der Waals surface area contributed by atoms with Crippen LogP contribution in [0.15, 0.2) is 77.9 Å². The van der Waals surface area contributed by atoms with E-state index in [1.54, 1.807) is 44.1 Å². The van der Waals surface area contributed by atoms with Crippen molar-refractivity contribution in [2.45, 2.75) is 64.8 Å². The van der Waals surface area contributed by atoms with E-state index in [0.29, 0.717) is 99.5 Å². The number of hydrogen-bond donors (Lipinski definition) is 2. The summed E-state index contributed by atoms with van der Waals surface area (Å²) in [4.78, 5) is 62.9. The first kappa shape index (κ1) is 40.7. The van der Waals surface area contributed by atoms with Crippen LogP contribution in [0.5, 0.6) is 5.88 Å². The topological polar surface area (TPSA) is 156 Å². The van der Waals surface area contributed by atoms with Crippen molar-refractivity contribution in [2.24, 2.45) is 5.92 Å². The largest absolute Gasteiger partial charge is 0.481 e. The van der Waals surface area contributed by atoms with E-state index in [0.717, 1.165) is 5.56 Å². The Bertz CT molecular complexity index is 2470. The summed E-state index contributed by atoms with van der Waals surface area (Å²) in [5.74, 6) is -0.988. The van der Waals surface area contributed by atoms with Crippen LogP contribution < -0.4 is 15.6 Å². The summed E-state index contributed by atoms with van der Waals surface area (Å²) >= 11 is 14.3. The van der Waals surface area contributed by atoms with Crippen LogP contribution in [-0.2, 0) is 27.4 Å². The molecule has 2 aliphatic heterocycles. The van der Waals surface area contributed by atoms with E-state index in [1.165, 1.54) is 11.5 Å². The monoisotopic (exact) mass is 826 g/mol. The molecule has 0 saturated carbocycles. The fourth-order valence-corrected chi connectivity index (χ4v) is 8.10. The number of methoxy groups -OCH3 is 1. The van der Waals surface area contributed by atoms with Gasteiger partial charge >= 0.3 is 12.1 Å². The van der Waals surface area contributed by atoms with Gasteiger partial charge in [-0.2, -0.15) is 0 Å². The fraction of sp³-hybridized carbons (Fsp3) is 0.349. The van der Waals surface area contributed by atoms with Crippen LogP contribution in [0.1, 0.15) is 51.2 Å². The minimum Gasteiger partial charge on any atom is -0.481 e. The lowest BCUT2D eigenvalue weighted by Gasteiger charge is -2.29. The summed E-state index contributed by atoms with van der Waals surface area (Å²) in [5, 5.41) is 13.2. The number of likely N-dealkylation sites (tertiary alicyclic amines) is 1. The highest BCUT2D eigenvalue weighted by Gasteiger charge is 2.30. The summed E-state index contributed by atoms with van der Waals surface area (Å²) in [6.45, 7) is 7.15. The number of amides is 2. The van der Waals surface area contributed by atoms with Crippen LogP contribution in [0.4, 0.5) is 4.79 Å². The molecule has 0 radical (unpaired) electrons. The molecule has 0 spiro atoms. The van der Waals surface area contributed by atoms with Crippen LogP contribution in [0.2, 0.25) is 10.0 Å². The van der Waals surface area contributed by atoms with Crippen molar-refractivity contribution in [3.63, 3.8) is 0 Å². The van der Waals surface area contributed by atoms with Gasteiger partial charge < -0.3 is 24.8 Å². The molecule has 2 fully saturated rings. The quantitative estimate of drug-likeness (QED) is 0.138. The van der Waals surface area contributed by atoms with Crippen molar-refractivity contribution in [2.75, 3.05) is 26.7 Å². The molecule has 2 saturated heterocycles. The number of nitrogens with one attached hydrogen (secondary N) is 1. The van der Waals surface area contributed by atoms with E-state index in [9.17, 15) is 24.3 Å². The minimum absolute atomic E-state index is 0.0441. The zero-order valence-corrected chi connectivity index (χ0v) is 34.1. The number of halogens is 2. The summed E-state index contributed by atoms with van der Waals surface area (Å²) < 4.78 is 12.9. The van der Waals surface area contributed by atoms with Gasteiger partial charge in [0, 0.05) is 72.3 Å². The number of hydrogen-bond acceptors (Lipinski definition) is 9. The number of fused-ring (bicyclic) bond motifs is 1. The Morgan fingerprint density at radius 1 is 0.966 bits per heavy atom. The first-order valence-electron chi connectivity index (χ1n) is 19.0. The van der Waals surface area contributed by atoms with E-state index in [4.69, 9.17) is 37.7 Å². The maximum Gasteiger partial charge on any atom is 0.410 e. The lowest BCUT2D eigenvalue weighted by atomic mass is 9.97. The smallest absolute Gasteiger partial charge is 0.410 e. The second kappa shape index (κ2) is 16.8. The number of benzene rings is 2. The van der Waals surface area contributed by atoms with Crippen LogP contribution in [0.25, 0.3) is 39.2 Å². The molecule has 2 N–H and O–H groups in total.